The van der Waals surface area contributed by atoms with Crippen LogP contribution in [-0.2, 0) is 14.6 Å². The molecule has 1 aliphatic rings. The molecule has 1 fully saturated rings. The molecule has 0 saturated carbocycles. The zero-order valence-corrected chi connectivity index (χ0v) is 13.2. The number of hydrogen-bond donors (Lipinski definition) is 1. The van der Waals surface area contributed by atoms with Gasteiger partial charge in [0.25, 0.3) is 0 Å². The van der Waals surface area contributed by atoms with Crippen molar-refractivity contribution in [2.24, 2.45) is 0 Å². The van der Waals surface area contributed by atoms with Crippen LogP contribution >= 0.6 is 0 Å². The van der Waals surface area contributed by atoms with E-state index in [2.05, 4.69) is 15.2 Å². The molecule has 0 bridgehead atoms. The number of sulfone groups is 1. The number of nitrogens with zero attached hydrogens (tertiary/aromatic N) is 2. The molecule has 0 aliphatic carbocycles. The van der Waals surface area contributed by atoms with Gasteiger partial charge in [-0.25, -0.2) is 13.4 Å². The number of pyridine rings is 1. The van der Waals surface area contributed by atoms with Crippen molar-refractivity contribution in [3.63, 3.8) is 0 Å². The third kappa shape index (κ3) is 3.93. The molecule has 2 heterocycles. The lowest BCUT2D eigenvalue weighted by atomic mass is 10.2. The Hall–Kier alpha value is -1.63. The molecular formula is C14H21N3O3S. The van der Waals surface area contributed by atoms with Crippen LogP contribution in [0.25, 0.3) is 0 Å². The summed E-state index contributed by atoms with van der Waals surface area (Å²) in [7, 11) is -2.91. The zero-order valence-electron chi connectivity index (χ0n) is 12.4. The number of carbonyl (C=O) groups excluding carboxylic acids is 1. The maximum Gasteiger partial charge on any atom is 0.225 e. The van der Waals surface area contributed by atoms with Crippen molar-refractivity contribution in [3.05, 3.63) is 18.3 Å². The van der Waals surface area contributed by atoms with Gasteiger partial charge in [0.15, 0.2) is 9.84 Å². The fourth-order valence-electron chi connectivity index (χ4n) is 2.53. The molecule has 1 amide bonds. The molecule has 7 heteroatoms. The van der Waals surface area contributed by atoms with E-state index in [-0.39, 0.29) is 23.5 Å². The smallest absolute Gasteiger partial charge is 0.225 e. The highest BCUT2D eigenvalue weighted by Crippen LogP contribution is 2.24. The van der Waals surface area contributed by atoms with Gasteiger partial charge < -0.3 is 10.2 Å². The van der Waals surface area contributed by atoms with Gasteiger partial charge in [0.2, 0.25) is 5.91 Å². The van der Waals surface area contributed by atoms with E-state index in [1.807, 2.05) is 13.0 Å². The highest BCUT2D eigenvalue weighted by atomic mass is 32.2. The minimum absolute atomic E-state index is 0.0119. The summed E-state index contributed by atoms with van der Waals surface area (Å²) in [6.07, 6.45) is 2.74. The van der Waals surface area contributed by atoms with Gasteiger partial charge >= 0.3 is 0 Å². The van der Waals surface area contributed by atoms with Crippen molar-refractivity contribution < 1.29 is 13.2 Å². The van der Waals surface area contributed by atoms with Gasteiger partial charge in [-0.2, -0.15) is 0 Å². The number of nitrogens with one attached hydrogen (secondary N) is 1. The first-order chi connectivity index (χ1) is 9.95. The maximum atomic E-state index is 11.6. The van der Waals surface area contributed by atoms with Crippen LogP contribution in [0.1, 0.15) is 26.7 Å². The second-order valence-corrected chi connectivity index (χ2v) is 7.37. The molecule has 1 N–H and O–H groups in total. The Bertz CT molecular complexity index is 598. The molecule has 1 saturated heterocycles. The lowest BCUT2D eigenvalue weighted by Crippen LogP contribution is -2.36. The van der Waals surface area contributed by atoms with Crippen LogP contribution in [0, 0.1) is 0 Å². The van der Waals surface area contributed by atoms with Gasteiger partial charge in [-0.1, -0.05) is 6.92 Å². The van der Waals surface area contributed by atoms with E-state index in [4.69, 9.17) is 0 Å². The van der Waals surface area contributed by atoms with E-state index >= 15 is 0 Å². The van der Waals surface area contributed by atoms with E-state index in [1.54, 1.807) is 19.2 Å². The fraction of sp³-hybridized carbons (Fsp3) is 0.571. The second-order valence-electron chi connectivity index (χ2n) is 5.15. The number of hydrogen-bond acceptors (Lipinski definition) is 5. The molecule has 0 spiro atoms. The van der Waals surface area contributed by atoms with E-state index in [9.17, 15) is 13.2 Å². The first-order valence-electron chi connectivity index (χ1n) is 7.18. The molecule has 2 rings (SSSR count). The summed E-state index contributed by atoms with van der Waals surface area (Å²) >= 11 is 0. The predicted octanol–water partition coefficient (Wildman–Crippen LogP) is 1.44. The first kappa shape index (κ1) is 15.8. The van der Waals surface area contributed by atoms with E-state index in [0.717, 1.165) is 12.2 Å². The van der Waals surface area contributed by atoms with Crippen LogP contribution < -0.4 is 10.2 Å². The summed E-state index contributed by atoms with van der Waals surface area (Å²) in [4.78, 5) is 17.6. The Morgan fingerprint density at radius 2 is 2.19 bits per heavy atom. The van der Waals surface area contributed by atoms with Gasteiger partial charge in [-0.05, 0) is 25.5 Å². The van der Waals surface area contributed by atoms with E-state index in [1.165, 1.54) is 0 Å². The molecule has 1 aliphatic heterocycles. The zero-order chi connectivity index (χ0) is 15.5. The quantitative estimate of drug-likeness (QED) is 0.890. The number of carbonyl (C=O) groups is 1. The first-order valence-corrected chi connectivity index (χ1v) is 9.00. The lowest BCUT2D eigenvalue weighted by molar-refractivity contribution is -0.115. The molecule has 1 atom stereocenters. The summed E-state index contributed by atoms with van der Waals surface area (Å²) < 4.78 is 23.2. The number of rotatable bonds is 5. The normalized spacial score (nSPS) is 20.2. The maximum absolute atomic E-state index is 11.6. The number of anilines is 2. The third-order valence-electron chi connectivity index (χ3n) is 3.66. The van der Waals surface area contributed by atoms with Gasteiger partial charge in [-0.3, -0.25) is 4.79 Å². The summed E-state index contributed by atoms with van der Waals surface area (Å²) in [5, 5.41) is 2.69. The van der Waals surface area contributed by atoms with Crippen molar-refractivity contribution in [1.82, 2.24) is 4.98 Å². The molecule has 0 aromatic carbocycles. The minimum atomic E-state index is -2.91. The van der Waals surface area contributed by atoms with Crippen molar-refractivity contribution in [2.75, 3.05) is 28.3 Å². The van der Waals surface area contributed by atoms with E-state index < -0.39 is 9.84 Å². The van der Waals surface area contributed by atoms with Gasteiger partial charge in [0.05, 0.1) is 23.4 Å². The van der Waals surface area contributed by atoms with Crippen molar-refractivity contribution >= 4 is 27.2 Å². The van der Waals surface area contributed by atoms with Crippen molar-refractivity contribution in [2.45, 2.75) is 32.7 Å². The molecule has 1 aromatic rings. The lowest BCUT2D eigenvalue weighted by Gasteiger charge is -2.28. The minimum Gasteiger partial charge on any atom is -0.367 e. The topological polar surface area (TPSA) is 79.4 Å². The Morgan fingerprint density at radius 3 is 2.67 bits per heavy atom. The second kappa shape index (κ2) is 6.43. The SMILES string of the molecule is CCC(=O)Nc1ccc(N(CC)C2CCS(=O)(=O)C2)cn1. The van der Waals surface area contributed by atoms with Crippen LogP contribution in [0.15, 0.2) is 18.3 Å². The Labute approximate surface area is 125 Å². The van der Waals surface area contributed by atoms with Crippen LogP contribution in [0.2, 0.25) is 0 Å². The third-order valence-corrected chi connectivity index (χ3v) is 5.41. The number of aromatic nitrogens is 1. The van der Waals surface area contributed by atoms with E-state index in [0.29, 0.717) is 18.7 Å². The van der Waals surface area contributed by atoms with Gasteiger partial charge in [0, 0.05) is 19.0 Å². The molecule has 21 heavy (non-hydrogen) atoms. The molecule has 0 radical (unpaired) electrons. The Morgan fingerprint density at radius 1 is 1.43 bits per heavy atom. The molecular weight excluding hydrogens is 290 g/mol. The van der Waals surface area contributed by atoms with Crippen molar-refractivity contribution in [1.29, 1.82) is 0 Å². The summed E-state index contributed by atoms with van der Waals surface area (Å²) in [6, 6.07) is 3.62. The van der Waals surface area contributed by atoms with Crippen LogP contribution in [0.5, 0.6) is 0 Å². The average molecular weight is 311 g/mol. The van der Waals surface area contributed by atoms with Crippen molar-refractivity contribution in [3.8, 4) is 0 Å². The van der Waals surface area contributed by atoms with Crippen LogP contribution in [0.3, 0.4) is 0 Å². The monoisotopic (exact) mass is 311 g/mol. The fourth-order valence-corrected chi connectivity index (χ4v) is 4.26. The van der Waals surface area contributed by atoms with Crippen LogP contribution in [-0.4, -0.2) is 43.4 Å². The van der Waals surface area contributed by atoms with Gasteiger partial charge in [0.1, 0.15) is 5.82 Å². The Kier molecular flexibility index (Phi) is 4.82. The highest BCUT2D eigenvalue weighted by Gasteiger charge is 2.31. The Balaban J connectivity index is 2.10. The predicted molar refractivity (Wildman–Crippen MR) is 83.2 cm³/mol. The van der Waals surface area contributed by atoms with Crippen LogP contribution in [0.4, 0.5) is 11.5 Å². The summed E-state index contributed by atoms with van der Waals surface area (Å²) in [6.45, 7) is 4.50. The summed E-state index contributed by atoms with van der Waals surface area (Å²) in [5.74, 6) is 0.895. The van der Waals surface area contributed by atoms with Gasteiger partial charge in [-0.15, -0.1) is 0 Å². The molecule has 1 aromatic heterocycles. The molecule has 6 nitrogen and oxygen atoms in total. The summed E-state index contributed by atoms with van der Waals surface area (Å²) in [5.41, 5.74) is 0.883. The number of amides is 1. The molecule has 116 valence electrons. The average Bonchev–Trinajstić information content (AvgIpc) is 2.81. The molecule has 1 unspecified atom stereocenters. The highest BCUT2D eigenvalue weighted by molar-refractivity contribution is 7.91. The largest absolute Gasteiger partial charge is 0.367 e. The standard InChI is InChI=1S/C14H21N3O3S/c1-3-14(18)16-13-6-5-11(9-15-13)17(4-2)12-7-8-21(19,20)10-12/h5-6,9,12H,3-4,7-8,10H2,1-2H3,(H,15,16,18).